The van der Waals surface area contributed by atoms with Crippen molar-refractivity contribution in [3.05, 3.63) is 0 Å². The number of hydrogen-bond donors (Lipinski definition) is 1. The lowest BCUT2D eigenvalue weighted by molar-refractivity contribution is -0.130. The summed E-state index contributed by atoms with van der Waals surface area (Å²) in [6, 6.07) is 0.212. The van der Waals surface area contributed by atoms with E-state index in [2.05, 4.69) is 5.43 Å². The van der Waals surface area contributed by atoms with Gasteiger partial charge < -0.3 is 0 Å². The third-order valence-electron chi connectivity index (χ3n) is 1.85. The predicted molar refractivity (Wildman–Crippen MR) is 44.2 cm³/mol. The second-order valence-corrected chi connectivity index (χ2v) is 3.23. The second-order valence-electron chi connectivity index (χ2n) is 3.23. The average Bonchev–Trinajstić information content (AvgIpc) is 2.26. The third kappa shape index (κ3) is 2.30. The molecule has 1 atom stereocenters. The van der Waals surface area contributed by atoms with Gasteiger partial charge in [-0.15, -0.1) is 0 Å². The minimum absolute atomic E-state index is 0.0868. The Labute approximate surface area is 71.9 Å². The molecule has 0 aliphatic carbocycles. The van der Waals surface area contributed by atoms with Crippen molar-refractivity contribution in [3.63, 3.8) is 0 Å². The molecule has 1 amide bonds. The lowest BCUT2D eigenvalue weighted by Gasteiger charge is -2.15. The Hall–Kier alpha value is -0.900. The van der Waals surface area contributed by atoms with Crippen molar-refractivity contribution in [1.82, 2.24) is 10.4 Å². The molecule has 1 N–H and O–H groups in total. The Bertz CT molecular complexity index is 203. The molecule has 0 aromatic heterocycles. The first-order valence-corrected chi connectivity index (χ1v) is 4.15. The molecule has 4 heteroatoms. The topological polar surface area (TPSA) is 49.4 Å². The van der Waals surface area contributed by atoms with E-state index < -0.39 is 0 Å². The summed E-state index contributed by atoms with van der Waals surface area (Å²) in [5.41, 5.74) is 2.99. The smallest absolute Gasteiger partial charge is 0.238 e. The molecule has 1 saturated heterocycles. The SMILES string of the molecule is CC(=O)CCN1NC(C)CC1=O. The van der Waals surface area contributed by atoms with E-state index in [-0.39, 0.29) is 17.7 Å². The van der Waals surface area contributed by atoms with E-state index in [4.69, 9.17) is 0 Å². The first-order chi connectivity index (χ1) is 5.59. The van der Waals surface area contributed by atoms with Crippen molar-refractivity contribution in [1.29, 1.82) is 0 Å². The number of hydrogen-bond acceptors (Lipinski definition) is 3. The van der Waals surface area contributed by atoms with Crippen LogP contribution in [0.15, 0.2) is 0 Å². The number of nitrogens with zero attached hydrogens (tertiary/aromatic N) is 1. The molecule has 1 unspecified atom stereocenters. The van der Waals surface area contributed by atoms with Gasteiger partial charge in [-0.2, -0.15) is 0 Å². The molecule has 0 radical (unpaired) electrons. The molecule has 0 spiro atoms. The van der Waals surface area contributed by atoms with Crippen molar-refractivity contribution >= 4 is 11.7 Å². The van der Waals surface area contributed by atoms with Crippen molar-refractivity contribution in [3.8, 4) is 0 Å². The number of Topliss-reactive ketones (excluding diaryl/α,β-unsaturated/α-hetero) is 1. The molecule has 12 heavy (non-hydrogen) atoms. The summed E-state index contributed by atoms with van der Waals surface area (Å²) in [5.74, 6) is 0.202. The highest BCUT2D eigenvalue weighted by molar-refractivity contribution is 5.80. The van der Waals surface area contributed by atoms with Crippen LogP contribution in [0.25, 0.3) is 0 Å². The second kappa shape index (κ2) is 3.67. The zero-order valence-corrected chi connectivity index (χ0v) is 7.46. The van der Waals surface area contributed by atoms with Gasteiger partial charge in [-0.25, -0.2) is 5.43 Å². The molecule has 0 aromatic rings. The molecule has 0 aromatic carbocycles. The number of rotatable bonds is 3. The molecule has 1 aliphatic rings. The van der Waals surface area contributed by atoms with Gasteiger partial charge in [-0.05, 0) is 13.8 Å². The Morgan fingerprint density at radius 2 is 2.42 bits per heavy atom. The fourth-order valence-electron chi connectivity index (χ4n) is 1.21. The molecule has 1 heterocycles. The molecule has 1 fully saturated rings. The lowest BCUT2D eigenvalue weighted by atomic mass is 10.3. The van der Waals surface area contributed by atoms with Crippen molar-refractivity contribution < 1.29 is 9.59 Å². The maximum absolute atomic E-state index is 11.1. The van der Waals surface area contributed by atoms with E-state index >= 15 is 0 Å². The fraction of sp³-hybridized carbons (Fsp3) is 0.750. The Morgan fingerprint density at radius 1 is 1.75 bits per heavy atom. The van der Waals surface area contributed by atoms with Gasteiger partial charge in [-0.3, -0.25) is 14.6 Å². The molecule has 1 rings (SSSR count). The van der Waals surface area contributed by atoms with E-state index in [9.17, 15) is 9.59 Å². The molecule has 1 aliphatic heterocycles. The maximum Gasteiger partial charge on any atom is 0.238 e. The van der Waals surface area contributed by atoms with Crippen LogP contribution >= 0.6 is 0 Å². The number of hydrazine groups is 1. The summed E-state index contributed by atoms with van der Waals surface area (Å²) in [6.45, 7) is 3.98. The van der Waals surface area contributed by atoms with Crippen LogP contribution in [0.4, 0.5) is 0 Å². The van der Waals surface area contributed by atoms with Crippen LogP contribution < -0.4 is 5.43 Å². The molecular weight excluding hydrogens is 156 g/mol. The van der Waals surface area contributed by atoms with Gasteiger partial charge in [-0.1, -0.05) is 0 Å². The predicted octanol–water partition coefficient (Wildman–Crippen LogP) is 0.0909. The van der Waals surface area contributed by atoms with Gasteiger partial charge in [0.15, 0.2) is 0 Å². The zero-order chi connectivity index (χ0) is 9.14. The van der Waals surface area contributed by atoms with Crippen LogP contribution in [-0.2, 0) is 9.59 Å². The third-order valence-corrected chi connectivity index (χ3v) is 1.85. The Balaban J connectivity index is 2.33. The van der Waals surface area contributed by atoms with E-state index in [0.29, 0.717) is 19.4 Å². The van der Waals surface area contributed by atoms with Gasteiger partial charge >= 0.3 is 0 Å². The number of nitrogens with one attached hydrogen (secondary N) is 1. The molecular formula is C8H14N2O2. The molecule has 68 valence electrons. The van der Waals surface area contributed by atoms with E-state index in [1.54, 1.807) is 0 Å². The quantitative estimate of drug-likeness (QED) is 0.653. The zero-order valence-electron chi connectivity index (χ0n) is 7.46. The first-order valence-electron chi connectivity index (χ1n) is 4.15. The largest absolute Gasteiger partial charge is 0.300 e. The summed E-state index contributed by atoms with van der Waals surface area (Å²) < 4.78 is 0. The van der Waals surface area contributed by atoms with Crippen LogP contribution in [0.3, 0.4) is 0 Å². The number of amides is 1. The van der Waals surface area contributed by atoms with Crippen LogP contribution in [0.2, 0.25) is 0 Å². The van der Waals surface area contributed by atoms with Crippen molar-refractivity contribution in [2.24, 2.45) is 0 Å². The van der Waals surface area contributed by atoms with Crippen LogP contribution in [0, 0.1) is 0 Å². The highest BCUT2D eigenvalue weighted by Gasteiger charge is 2.25. The van der Waals surface area contributed by atoms with Crippen LogP contribution in [0.1, 0.15) is 26.7 Å². The monoisotopic (exact) mass is 170 g/mol. The summed E-state index contributed by atoms with van der Waals surface area (Å²) >= 11 is 0. The van der Waals surface area contributed by atoms with Gasteiger partial charge in [0.25, 0.3) is 0 Å². The van der Waals surface area contributed by atoms with E-state index in [0.717, 1.165) is 0 Å². The van der Waals surface area contributed by atoms with Gasteiger partial charge in [0, 0.05) is 25.4 Å². The van der Waals surface area contributed by atoms with Gasteiger partial charge in [0.1, 0.15) is 5.78 Å². The Morgan fingerprint density at radius 3 is 2.83 bits per heavy atom. The van der Waals surface area contributed by atoms with E-state index in [1.807, 2.05) is 6.92 Å². The Kier molecular flexibility index (Phi) is 2.81. The highest BCUT2D eigenvalue weighted by atomic mass is 16.2. The summed E-state index contributed by atoms with van der Waals surface area (Å²) in [6.07, 6.45) is 0.976. The van der Waals surface area contributed by atoms with Gasteiger partial charge in [0.05, 0.1) is 0 Å². The van der Waals surface area contributed by atoms with Crippen LogP contribution in [0.5, 0.6) is 0 Å². The fourth-order valence-corrected chi connectivity index (χ4v) is 1.21. The lowest BCUT2D eigenvalue weighted by Crippen LogP contribution is -2.37. The highest BCUT2D eigenvalue weighted by Crippen LogP contribution is 2.06. The summed E-state index contributed by atoms with van der Waals surface area (Å²) in [7, 11) is 0. The number of carbonyl (C=O) groups is 2. The minimum atomic E-state index is 0.0868. The standard InChI is InChI=1S/C8H14N2O2/c1-6-5-8(12)10(9-6)4-3-7(2)11/h6,9H,3-5H2,1-2H3. The first kappa shape index (κ1) is 9.19. The molecule has 4 nitrogen and oxygen atoms in total. The maximum atomic E-state index is 11.1. The summed E-state index contributed by atoms with van der Waals surface area (Å²) in [4.78, 5) is 21.8. The van der Waals surface area contributed by atoms with Crippen molar-refractivity contribution in [2.75, 3.05) is 6.54 Å². The average molecular weight is 170 g/mol. The van der Waals surface area contributed by atoms with Crippen molar-refractivity contribution in [2.45, 2.75) is 32.7 Å². The normalized spacial score (nSPS) is 23.3. The number of carbonyl (C=O) groups excluding carboxylic acids is 2. The van der Waals surface area contributed by atoms with E-state index in [1.165, 1.54) is 11.9 Å². The molecule has 0 saturated carbocycles. The summed E-state index contributed by atoms with van der Waals surface area (Å²) in [5, 5.41) is 1.53. The molecule has 0 bridgehead atoms. The minimum Gasteiger partial charge on any atom is -0.300 e. The van der Waals surface area contributed by atoms with Crippen LogP contribution in [-0.4, -0.2) is 29.3 Å². The van der Waals surface area contributed by atoms with Gasteiger partial charge in [0.2, 0.25) is 5.91 Å². The number of ketones is 1.